The molecule has 0 aromatic heterocycles. The van der Waals surface area contributed by atoms with E-state index in [0.717, 1.165) is 0 Å². The van der Waals surface area contributed by atoms with Gasteiger partial charge in [0, 0.05) is 6.07 Å². The predicted octanol–water partition coefficient (Wildman–Crippen LogP) is 1.52. The van der Waals surface area contributed by atoms with Crippen molar-refractivity contribution in [3.63, 3.8) is 0 Å². The lowest BCUT2D eigenvalue weighted by atomic mass is 10.3. The highest BCUT2D eigenvalue weighted by atomic mass is 16.6. The van der Waals surface area contributed by atoms with Crippen molar-refractivity contribution in [2.24, 2.45) is 0 Å². The molecule has 0 aliphatic rings. The third-order valence-corrected chi connectivity index (χ3v) is 1.08. The number of benzene rings is 1. The van der Waals surface area contributed by atoms with E-state index >= 15 is 0 Å². The van der Waals surface area contributed by atoms with Gasteiger partial charge in [-0.25, -0.2) is 4.79 Å². The zero-order chi connectivity index (χ0) is 11.1. The summed E-state index contributed by atoms with van der Waals surface area (Å²) >= 11 is 0. The van der Waals surface area contributed by atoms with Crippen molar-refractivity contribution in [1.82, 2.24) is 0 Å². The summed E-state index contributed by atoms with van der Waals surface area (Å²) in [6.07, 6.45) is -1.83. The minimum Gasteiger partial charge on any atom is -0.502 e. The van der Waals surface area contributed by atoms with Gasteiger partial charge in [-0.2, -0.15) is 0 Å². The Kier molecular flexibility index (Phi) is 4.47. The van der Waals surface area contributed by atoms with Crippen molar-refractivity contribution in [2.45, 2.75) is 0 Å². The van der Waals surface area contributed by atoms with Gasteiger partial charge in [-0.15, -0.1) is 0 Å². The highest BCUT2D eigenvalue weighted by Crippen LogP contribution is 2.23. The Morgan fingerprint density at radius 2 is 1.71 bits per heavy atom. The molecule has 0 saturated carbocycles. The smallest absolute Gasteiger partial charge is 0.502 e. The average molecular weight is 201 g/mol. The van der Waals surface area contributed by atoms with Crippen molar-refractivity contribution in [1.29, 1.82) is 0 Å². The molecule has 0 radical (unpaired) electrons. The first-order valence-corrected chi connectivity index (χ1v) is 3.29. The summed E-state index contributed by atoms with van der Waals surface area (Å²) in [6, 6.07) is 5.55. The fraction of sp³-hybridized carbons (Fsp3) is 0. The maximum atomic E-state index is 10.1. The van der Waals surface area contributed by atoms with Crippen LogP contribution < -0.4 is 0 Å². The Morgan fingerprint density at radius 1 is 1.29 bits per heavy atom. The monoisotopic (exact) mass is 201 g/mol. The molecule has 1 aromatic carbocycles. The van der Waals surface area contributed by atoms with E-state index < -0.39 is 11.1 Å². The molecule has 0 heterocycles. The third-order valence-electron chi connectivity index (χ3n) is 1.08. The second-order valence-corrected chi connectivity index (χ2v) is 2.03. The Bertz CT molecular complexity index is 333. The number of hydrogen-bond donors (Lipinski definition) is 3. The molecular formula is C7H7NO6. The number of rotatable bonds is 1. The molecule has 3 N–H and O–H groups in total. The molecule has 1 rings (SSSR count). The fourth-order valence-corrected chi connectivity index (χ4v) is 0.619. The molecule has 0 saturated heterocycles. The molecule has 0 unspecified atom stereocenters. The van der Waals surface area contributed by atoms with Gasteiger partial charge in [0.25, 0.3) is 0 Å². The van der Waals surface area contributed by atoms with Gasteiger partial charge in [0.2, 0.25) is 0 Å². The molecule has 0 amide bonds. The molecule has 76 valence electrons. The number of nitro benzene ring substituents is 1. The van der Waals surface area contributed by atoms with Gasteiger partial charge in [-0.3, -0.25) is 10.1 Å². The molecule has 7 nitrogen and oxygen atoms in total. The largest absolute Gasteiger partial charge is 0.503 e. The van der Waals surface area contributed by atoms with Crippen LogP contribution in [0.25, 0.3) is 0 Å². The van der Waals surface area contributed by atoms with E-state index in [1.54, 1.807) is 0 Å². The normalized spacial score (nSPS) is 8.29. The van der Waals surface area contributed by atoms with E-state index in [0.29, 0.717) is 0 Å². The average Bonchev–Trinajstić information content (AvgIpc) is 2.03. The number of carbonyl (C=O) groups is 1. The number of para-hydroxylation sites is 2. The molecule has 14 heavy (non-hydrogen) atoms. The van der Waals surface area contributed by atoms with Crippen molar-refractivity contribution < 1.29 is 25.0 Å². The van der Waals surface area contributed by atoms with Crippen LogP contribution in [0.15, 0.2) is 24.3 Å². The maximum Gasteiger partial charge on any atom is 0.503 e. The second kappa shape index (κ2) is 5.36. The summed E-state index contributed by atoms with van der Waals surface area (Å²) in [4.78, 5) is 18.0. The van der Waals surface area contributed by atoms with Gasteiger partial charge in [-0.1, -0.05) is 12.1 Å². The molecule has 0 spiro atoms. The Balaban J connectivity index is 0.000000364. The zero-order valence-electron chi connectivity index (χ0n) is 6.82. The topological polar surface area (TPSA) is 121 Å². The number of phenolic OH excluding ortho intramolecular Hbond substituents is 1. The lowest BCUT2D eigenvalue weighted by molar-refractivity contribution is -0.385. The van der Waals surface area contributed by atoms with Gasteiger partial charge in [-0.05, 0) is 6.07 Å². The fourth-order valence-electron chi connectivity index (χ4n) is 0.619. The zero-order valence-corrected chi connectivity index (χ0v) is 6.82. The number of aromatic hydroxyl groups is 1. The van der Waals surface area contributed by atoms with E-state index in [2.05, 4.69) is 0 Å². The third kappa shape index (κ3) is 4.54. The summed E-state index contributed by atoms with van der Waals surface area (Å²) < 4.78 is 0. The van der Waals surface area contributed by atoms with Crippen LogP contribution in [0.2, 0.25) is 0 Å². The molecule has 0 fully saturated rings. The van der Waals surface area contributed by atoms with Gasteiger partial charge in [0.05, 0.1) is 4.92 Å². The Labute approximate surface area is 78.0 Å². The van der Waals surface area contributed by atoms with E-state index in [1.165, 1.54) is 24.3 Å². The van der Waals surface area contributed by atoms with E-state index in [1.807, 2.05) is 0 Å². The van der Waals surface area contributed by atoms with Gasteiger partial charge >= 0.3 is 11.8 Å². The van der Waals surface area contributed by atoms with Crippen LogP contribution in [-0.4, -0.2) is 26.4 Å². The number of phenols is 1. The second-order valence-electron chi connectivity index (χ2n) is 2.03. The van der Waals surface area contributed by atoms with Gasteiger partial charge < -0.3 is 15.3 Å². The lowest BCUT2D eigenvalue weighted by Gasteiger charge is -1.91. The molecular weight excluding hydrogens is 194 g/mol. The van der Waals surface area contributed by atoms with E-state index in [-0.39, 0.29) is 11.4 Å². The number of carboxylic acid groups (broad SMARTS) is 2. The minimum atomic E-state index is -1.83. The van der Waals surface area contributed by atoms with Crippen LogP contribution >= 0.6 is 0 Å². The summed E-state index contributed by atoms with van der Waals surface area (Å²) in [5, 5.41) is 32.9. The molecule has 0 aliphatic heterocycles. The summed E-state index contributed by atoms with van der Waals surface area (Å²) in [7, 11) is 0. The lowest BCUT2D eigenvalue weighted by Crippen LogP contribution is -1.86. The van der Waals surface area contributed by atoms with Crippen molar-refractivity contribution >= 4 is 11.8 Å². The van der Waals surface area contributed by atoms with Crippen molar-refractivity contribution in [3.05, 3.63) is 34.4 Å². The summed E-state index contributed by atoms with van der Waals surface area (Å²) in [5.74, 6) is -0.299. The molecule has 7 heteroatoms. The number of hydrogen-bond acceptors (Lipinski definition) is 4. The number of nitro groups is 1. The summed E-state index contributed by atoms with van der Waals surface area (Å²) in [5.41, 5.74) is -0.262. The predicted molar refractivity (Wildman–Crippen MR) is 45.4 cm³/mol. The first-order valence-electron chi connectivity index (χ1n) is 3.29. The van der Waals surface area contributed by atoms with Crippen LogP contribution in [0.3, 0.4) is 0 Å². The quantitative estimate of drug-likeness (QED) is 0.467. The van der Waals surface area contributed by atoms with Crippen LogP contribution in [0.4, 0.5) is 10.5 Å². The molecule has 0 aliphatic carbocycles. The minimum absolute atomic E-state index is 0.262. The SMILES string of the molecule is O=C(O)O.O=[N+]([O-])c1ccccc1O. The highest BCUT2D eigenvalue weighted by Gasteiger charge is 2.09. The Morgan fingerprint density at radius 3 is 2.00 bits per heavy atom. The van der Waals surface area contributed by atoms with Crippen molar-refractivity contribution in [3.8, 4) is 5.75 Å². The molecule has 0 atom stereocenters. The van der Waals surface area contributed by atoms with E-state index in [9.17, 15) is 10.1 Å². The molecule has 0 bridgehead atoms. The summed E-state index contributed by atoms with van der Waals surface area (Å²) in [6.45, 7) is 0. The first-order chi connectivity index (χ1) is 6.45. The van der Waals surface area contributed by atoms with Crippen LogP contribution in [0, 0.1) is 10.1 Å². The molecule has 1 aromatic rings. The number of nitrogens with zero attached hydrogens (tertiary/aromatic N) is 1. The van der Waals surface area contributed by atoms with E-state index in [4.69, 9.17) is 20.1 Å². The maximum absolute atomic E-state index is 10.1. The Hall–Kier alpha value is -2.31. The van der Waals surface area contributed by atoms with Crippen LogP contribution in [0.1, 0.15) is 0 Å². The van der Waals surface area contributed by atoms with Crippen LogP contribution in [0.5, 0.6) is 5.75 Å². The van der Waals surface area contributed by atoms with Gasteiger partial charge in [0.15, 0.2) is 5.75 Å². The van der Waals surface area contributed by atoms with Crippen molar-refractivity contribution in [2.75, 3.05) is 0 Å². The first kappa shape index (κ1) is 11.7. The highest BCUT2D eigenvalue weighted by molar-refractivity contribution is 5.53. The van der Waals surface area contributed by atoms with Crippen LogP contribution in [-0.2, 0) is 0 Å². The standard InChI is InChI=1S/C6H5NO3.CH2O3/c8-6-4-2-1-3-5(6)7(9)10;2-1(3)4/h1-4,8H;(H2,2,3,4). The van der Waals surface area contributed by atoms with Gasteiger partial charge in [0.1, 0.15) is 0 Å².